The SMILES string of the molecule is [2H]C([2H])([2H])C(NS(=O)(=O)c1cccc(Nc2nc(Cl)ncc2C)c1)(C([2H])([2H])[2H])C([2H])([2H])[2H]. The van der Waals surface area contributed by atoms with Crippen LogP contribution in [0.4, 0.5) is 11.5 Å². The van der Waals surface area contributed by atoms with E-state index in [1.165, 1.54) is 23.1 Å². The predicted octanol–water partition coefficient (Wildman–Crippen LogP) is 3.26. The fraction of sp³-hybridized carbons (Fsp3) is 0.333. The van der Waals surface area contributed by atoms with Crippen molar-refractivity contribution in [2.75, 3.05) is 5.32 Å². The lowest BCUT2D eigenvalue weighted by Gasteiger charge is -2.20. The quantitative estimate of drug-likeness (QED) is 0.814. The van der Waals surface area contributed by atoms with Gasteiger partial charge in [0.15, 0.2) is 0 Å². The Hall–Kier alpha value is -1.70. The Morgan fingerprint density at radius 3 is 2.74 bits per heavy atom. The molecule has 2 N–H and O–H groups in total. The molecule has 0 aliphatic carbocycles. The highest BCUT2D eigenvalue weighted by Gasteiger charge is 2.22. The fourth-order valence-electron chi connectivity index (χ4n) is 1.69. The van der Waals surface area contributed by atoms with E-state index in [1.54, 1.807) is 6.92 Å². The van der Waals surface area contributed by atoms with E-state index in [4.69, 9.17) is 23.9 Å². The third kappa shape index (κ3) is 4.89. The number of halogens is 1. The molecule has 1 aromatic heterocycles. The summed E-state index contributed by atoms with van der Waals surface area (Å²) < 4.78 is 95.6. The Kier molecular flexibility index (Phi) is 2.50. The van der Waals surface area contributed by atoms with Crippen molar-refractivity contribution >= 4 is 33.1 Å². The Balaban J connectivity index is 2.55. The molecule has 1 aromatic carbocycles. The molecule has 0 fully saturated rings. The van der Waals surface area contributed by atoms with Gasteiger partial charge in [0, 0.05) is 35.3 Å². The van der Waals surface area contributed by atoms with Crippen LogP contribution in [0.3, 0.4) is 0 Å². The maximum Gasteiger partial charge on any atom is 0.241 e. The van der Waals surface area contributed by atoms with Crippen LogP contribution in [0, 0.1) is 6.92 Å². The number of aromatic nitrogens is 2. The molecule has 8 heteroatoms. The summed E-state index contributed by atoms with van der Waals surface area (Å²) in [4.78, 5) is 7.20. The first-order valence-electron chi connectivity index (χ1n) is 10.7. The number of nitrogens with zero attached hydrogens (tertiary/aromatic N) is 2. The number of nitrogens with one attached hydrogen (secondary N) is 2. The highest BCUT2D eigenvalue weighted by atomic mass is 35.5. The second-order valence-electron chi connectivity index (χ2n) is 4.68. The van der Waals surface area contributed by atoms with E-state index >= 15 is 0 Å². The highest BCUT2D eigenvalue weighted by molar-refractivity contribution is 7.89. The van der Waals surface area contributed by atoms with Crippen molar-refractivity contribution in [3.63, 3.8) is 0 Å². The lowest BCUT2D eigenvalue weighted by Crippen LogP contribution is -2.40. The average molecular weight is 364 g/mol. The van der Waals surface area contributed by atoms with Crippen molar-refractivity contribution in [1.82, 2.24) is 14.7 Å². The van der Waals surface area contributed by atoms with Gasteiger partial charge in [-0.2, -0.15) is 0 Å². The van der Waals surface area contributed by atoms with Crippen molar-refractivity contribution in [3.05, 3.63) is 41.3 Å². The van der Waals surface area contributed by atoms with Gasteiger partial charge in [-0.1, -0.05) is 6.07 Å². The van der Waals surface area contributed by atoms with E-state index in [-0.39, 0.29) is 16.8 Å². The minimum absolute atomic E-state index is 0.0682. The predicted molar refractivity (Wildman–Crippen MR) is 91.6 cm³/mol. The van der Waals surface area contributed by atoms with Gasteiger partial charge in [-0.3, -0.25) is 0 Å². The molecule has 124 valence electrons. The van der Waals surface area contributed by atoms with Gasteiger partial charge in [-0.05, 0) is 57.3 Å². The van der Waals surface area contributed by atoms with Crippen molar-refractivity contribution in [2.24, 2.45) is 0 Å². The number of aryl methyl sites for hydroxylation is 1. The third-order valence-corrected chi connectivity index (χ3v) is 4.27. The van der Waals surface area contributed by atoms with Crippen molar-refractivity contribution in [1.29, 1.82) is 0 Å². The molecule has 0 saturated carbocycles. The smallest absolute Gasteiger partial charge is 0.241 e. The minimum Gasteiger partial charge on any atom is -0.340 e. The Morgan fingerprint density at radius 1 is 1.30 bits per heavy atom. The first kappa shape index (κ1) is 8.96. The zero-order valence-electron chi connectivity index (χ0n) is 20.9. The summed E-state index contributed by atoms with van der Waals surface area (Å²) in [5.74, 6) is 0.259. The van der Waals surface area contributed by atoms with Crippen LogP contribution in [0.5, 0.6) is 0 Å². The summed E-state index contributed by atoms with van der Waals surface area (Å²) >= 11 is 5.76. The maximum absolute atomic E-state index is 13.0. The van der Waals surface area contributed by atoms with Crippen molar-refractivity contribution < 1.29 is 20.8 Å². The van der Waals surface area contributed by atoms with E-state index < -0.39 is 41.0 Å². The molecule has 2 aromatic rings. The summed E-state index contributed by atoms with van der Waals surface area (Å²) in [5.41, 5.74) is -2.99. The molecule has 0 unspecified atom stereocenters. The maximum atomic E-state index is 13.0. The minimum atomic E-state index is -4.93. The summed E-state index contributed by atoms with van der Waals surface area (Å²) in [7, 11) is -4.93. The molecule has 2 rings (SSSR count). The van der Waals surface area contributed by atoms with Crippen LogP contribution in [0.15, 0.2) is 35.4 Å². The van der Waals surface area contributed by atoms with E-state index in [0.29, 0.717) is 5.56 Å². The topological polar surface area (TPSA) is 84.0 Å². The van der Waals surface area contributed by atoms with Gasteiger partial charge >= 0.3 is 0 Å². The third-order valence-electron chi connectivity index (χ3n) is 2.64. The lowest BCUT2D eigenvalue weighted by molar-refractivity contribution is 0.491. The molecule has 0 spiro atoms. The molecule has 0 radical (unpaired) electrons. The Labute approximate surface area is 154 Å². The van der Waals surface area contributed by atoms with Crippen LogP contribution in [0.1, 0.15) is 38.5 Å². The van der Waals surface area contributed by atoms with E-state index in [0.717, 1.165) is 12.1 Å². The molecule has 0 aliphatic heterocycles. The number of benzene rings is 1. The molecule has 0 amide bonds. The highest BCUT2D eigenvalue weighted by Crippen LogP contribution is 2.22. The van der Waals surface area contributed by atoms with Crippen LogP contribution in [0.25, 0.3) is 0 Å². The van der Waals surface area contributed by atoms with E-state index in [9.17, 15) is 8.42 Å². The molecule has 0 aliphatic rings. The van der Waals surface area contributed by atoms with Crippen LogP contribution < -0.4 is 10.0 Å². The molecule has 6 nitrogen and oxygen atoms in total. The Bertz CT molecular complexity index is 1070. The van der Waals surface area contributed by atoms with Gasteiger partial charge in [0.25, 0.3) is 0 Å². The summed E-state index contributed by atoms with van der Waals surface area (Å²) in [5, 5.41) is 2.75. The number of rotatable bonds is 4. The van der Waals surface area contributed by atoms with Crippen LogP contribution in [0.2, 0.25) is 5.28 Å². The Morgan fingerprint density at radius 2 is 2.04 bits per heavy atom. The second kappa shape index (κ2) is 6.43. The summed E-state index contributed by atoms with van der Waals surface area (Å²) in [6.45, 7) is -9.54. The first-order valence-corrected chi connectivity index (χ1v) is 8.08. The summed E-state index contributed by atoms with van der Waals surface area (Å²) in [6, 6.07) is 4.85. The number of hydrogen-bond acceptors (Lipinski definition) is 5. The molecular weight excluding hydrogens is 336 g/mol. The van der Waals surface area contributed by atoms with Crippen LogP contribution in [-0.2, 0) is 10.0 Å². The van der Waals surface area contributed by atoms with Gasteiger partial charge in [0.05, 0.1) is 4.90 Å². The number of anilines is 2. The molecule has 0 bridgehead atoms. The largest absolute Gasteiger partial charge is 0.340 e. The standard InChI is InChI=1S/C15H19ClN4O2S/c1-10-9-17-14(16)19-13(10)18-11-6-5-7-12(8-11)23(21,22)20-15(2,3)4/h5-9,20H,1-4H3,(H,17,18,19)/i2D3,3D3,4D3. The van der Waals surface area contributed by atoms with E-state index in [1.807, 2.05) is 0 Å². The molecule has 1 heterocycles. The van der Waals surface area contributed by atoms with Gasteiger partial charge in [-0.15, -0.1) is 0 Å². The fourth-order valence-corrected chi connectivity index (χ4v) is 2.88. The number of sulfonamides is 1. The van der Waals surface area contributed by atoms with Crippen molar-refractivity contribution in [3.8, 4) is 0 Å². The monoisotopic (exact) mass is 363 g/mol. The molecule has 23 heavy (non-hydrogen) atoms. The molecular formula is C15H19ClN4O2S. The van der Waals surface area contributed by atoms with Gasteiger partial charge in [-0.25, -0.2) is 23.1 Å². The zero-order valence-corrected chi connectivity index (χ0v) is 13.5. The normalized spacial score (nSPS) is 19.7. The second-order valence-corrected chi connectivity index (χ2v) is 6.70. The van der Waals surface area contributed by atoms with E-state index in [2.05, 4.69) is 15.3 Å². The number of hydrogen-bond donors (Lipinski definition) is 2. The lowest BCUT2D eigenvalue weighted by atomic mass is 10.1. The van der Waals surface area contributed by atoms with Gasteiger partial charge in [0.2, 0.25) is 15.3 Å². The van der Waals surface area contributed by atoms with Gasteiger partial charge < -0.3 is 5.32 Å². The molecule has 0 saturated heterocycles. The zero-order chi connectivity index (χ0) is 24.8. The molecule has 0 atom stereocenters. The average Bonchev–Trinajstić information content (AvgIpc) is 2.60. The summed E-state index contributed by atoms with van der Waals surface area (Å²) in [6.07, 6.45) is 1.43. The van der Waals surface area contributed by atoms with Crippen LogP contribution >= 0.6 is 11.6 Å². The van der Waals surface area contributed by atoms with Crippen LogP contribution in [-0.4, -0.2) is 23.9 Å². The van der Waals surface area contributed by atoms with Crippen molar-refractivity contribution in [2.45, 2.75) is 37.9 Å². The van der Waals surface area contributed by atoms with Gasteiger partial charge in [0.1, 0.15) is 5.82 Å². The first-order chi connectivity index (χ1) is 14.3.